The maximum atomic E-state index is 11.8. The first-order valence-corrected chi connectivity index (χ1v) is 6.34. The highest BCUT2D eigenvalue weighted by Crippen LogP contribution is 2.48. The van der Waals surface area contributed by atoms with Crippen molar-refractivity contribution in [2.45, 2.75) is 19.3 Å². The molecule has 6 heteroatoms. The van der Waals surface area contributed by atoms with Crippen molar-refractivity contribution in [2.24, 2.45) is 5.92 Å². The smallest absolute Gasteiger partial charge is 0.326 e. The Morgan fingerprint density at radius 3 is 2.69 bits per heavy atom. The summed E-state index contributed by atoms with van der Waals surface area (Å²) in [4.78, 5) is 15.2. The summed E-state index contributed by atoms with van der Waals surface area (Å²) >= 11 is 1.57. The zero-order chi connectivity index (χ0) is 11.3. The van der Waals surface area contributed by atoms with E-state index < -0.39 is 0 Å². The van der Waals surface area contributed by atoms with E-state index in [-0.39, 0.29) is 6.03 Å². The summed E-state index contributed by atoms with van der Waals surface area (Å²) < 4.78 is 0. The fraction of sp³-hybridized carbons (Fsp3) is 0.700. The van der Waals surface area contributed by atoms with Crippen molar-refractivity contribution in [3.63, 3.8) is 0 Å². The zero-order valence-electron chi connectivity index (χ0n) is 9.38. The molecule has 2 fully saturated rings. The number of anilines is 1. The van der Waals surface area contributed by atoms with E-state index in [9.17, 15) is 4.79 Å². The summed E-state index contributed by atoms with van der Waals surface area (Å²) in [6, 6.07) is 0.0338. The van der Waals surface area contributed by atoms with Crippen LogP contribution in [0.1, 0.15) is 24.3 Å². The van der Waals surface area contributed by atoms with E-state index >= 15 is 0 Å². The Morgan fingerprint density at radius 1 is 1.38 bits per heavy atom. The number of carbonyl (C=O) groups is 1. The van der Waals surface area contributed by atoms with Crippen molar-refractivity contribution < 1.29 is 4.79 Å². The number of carbonyl (C=O) groups excluding carboxylic acids is 1. The molecular weight excluding hydrogens is 224 g/mol. The molecule has 1 aliphatic carbocycles. The van der Waals surface area contributed by atoms with Crippen molar-refractivity contribution in [1.82, 2.24) is 15.1 Å². The lowest BCUT2D eigenvalue weighted by atomic mass is 10.4. The highest BCUT2D eigenvalue weighted by Gasteiger charge is 2.38. The molecule has 2 atom stereocenters. The maximum Gasteiger partial charge on any atom is 0.326 e. The Labute approximate surface area is 98.1 Å². The van der Waals surface area contributed by atoms with Gasteiger partial charge in [0.2, 0.25) is 5.13 Å². The van der Waals surface area contributed by atoms with Gasteiger partial charge in [-0.1, -0.05) is 18.3 Å². The summed E-state index contributed by atoms with van der Waals surface area (Å²) in [7, 11) is 1.81. The second kappa shape index (κ2) is 3.41. The molecule has 0 bridgehead atoms. The van der Waals surface area contributed by atoms with Crippen molar-refractivity contribution >= 4 is 22.5 Å². The topological polar surface area (TPSA) is 49.3 Å². The molecule has 1 aromatic rings. The third kappa shape index (κ3) is 1.48. The first kappa shape index (κ1) is 10.0. The van der Waals surface area contributed by atoms with Gasteiger partial charge in [-0.3, -0.25) is 4.90 Å². The van der Waals surface area contributed by atoms with Gasteiger partial charge in [-0.15, -0.1) is 10.2 Å². The van der Waals surface area contributed by atoms with Crippen molar-refractivity contribution in [2.75, 3.05) is 25.0 Å². The first-order valence-electron chi connectivity index (χ1n) is 5.53. The van der Waals surface area contributed by atoms with Crippen LogP contribution in [0.2, 0.25) is 0 Å². The van der Waals surface area contributed by atoms with Crippen LogP contribution in [0, 0.1) is 5.92 Å². The number of urea groups is 1. The van der Waals surface area contributed by atoms with E-state index in [0.29, 0.717) is 5.92 Å². The van der Waals surface area contributed by atoms with Crippen LogP contribution in [0.4, 0.5) is 9.93 Å². The summed E-state index contributed by atoms with van der Waals surface area (Å²) in [5.74, 6) is 1.32. The lowest BCUT2D eigenvalue weighted by Gasteiger charge is -2.10. The van der Waals surface area contributed by atoms with Crippen molar-refractivity contribution in [1.29, 1.82) is 0 Å². The van der Waals surface area contributed by atoms with Gasteiger partial charge in [0.1, 0.15) is 5.01 Å². The van der Waals surface area contributed by atoms with Crippen molar-refractivity contribution in [3.05, 3.63) is 5.01 Å². The normalized spacial score (nSPS) is 29.0. The van der Waals surface area contributed by atoms with E-state index in [4.69, 9.17) is 0 Å². The molecule has 2 amide bonds. The molecule has 0 N–H and O–H groups in total. The van der Waals surface area contributed by atoms with E-state index in [1.54, 1.807) is 21.1 Å². The molecule has 0 radical (unpaired) electrons. The molecule has 2 aliphatic rings. The SMILES string of the molecule is CC1CC1c1nnc(N2CCN(C)C2=O)s1. The molecule has 3 rings (SSSR count). The largest absolute Gasteiger partial charge is 0.326 e. The molecule has 5 nitrogen and oxygen atoms in total. The minimum Gasteiger partial charge on any atom is -0.326 e. The molecule has 0 aromatic carbocycles. The second-order valence-electron chi connectivity index (χ2n) is 4.60. The molecule has 1 aliphatic heterocycles. The number of amides is 2. The van der Waals surface area contributed by atoms with Gasteiger partial charge in [-0.05, 0) is 12.3 Å². The third-order valence-corrected chi connectivity index (χ3v) is 4.38. The number of hydrogen-bond acceptors (Lipinski definition) is 4. The standard InChI is InChI=1S/C10H14N4OS/c1-6-5-7(6)8-11-12-9(16-8)14-4-3-13(2)10(14)15/h6-7H,3-5H2,1-2H3. The Bertz CT molecular complexity index is 432. The molecule has 2 heterocycles. The van der Waals surface area contributed by atoms with Crippen LogP contribution in [0.25, 0.3) is 0 Å². The molecule has 2 unspecified atom stereocenters. The number of hydrogen-bond donors (Lipinski definition) is 0. The van der Waals surface area contributed by atoms with E-state index in [1.165, 1.54) is 6.42 Å². The van der Waals surface area contributed by atoms with E-state index in [2.05, 4.69) is 17.1 Å². The van der Waals surface area contributed by atoms with Gasteiger partial charge < -0.3 is 4.90 Å². The Hall–Kier alpha value is -1.17. The fourth-order valence-electron chi connectivity index (χ4n) is 1.98. The van der Waals surface area contributed by atoms with Crippen LogP contribution in [0.3, 0.4) is 0 Å². The average Bonchev–Trinajstić information content (AvgIpc) is 2.70. The summed E-state index contributed by atoms with van der Waals surface area (Å²) in [6.07, 6.45) is 1.21. The molecule has 1 saturated carbocycles. The summed E-state index contributed by atoms with van der Waals surface area (Å²) in [5, 5.41) is 10.2. The molecule has 86 valence electrons. The van der Waals surface area contributed by atoms with E-state index in [0.717, 1.165) is 29.1 Å². The van der Waals surface area contributed by atoms with Gasteiger partial charge in [-0.25, -0.2) is 4.79 Å². The molecule has 1 saturated heterocycles. The molecular formula is C10H14N4OS. The molecule has 16 heavy (non-hydrogen) atoms. The first-order chi connectivity index (χ1) is 7.66. The van der Waals surface area contributed by atoms with Crippen molar-refractivity contribution in [3.8, 4) is 0 Å². The number of aromatic nitrogens is 2. The highest BCUT2D eigenvalue weighted by atomic mass is 32.1. The zero-order valence-corrected chi connectivity index (χ0v) is 10.2. The highest BCUT2D eigenvalue weighted by molar-refractivity contribution is 7.15. The predicted molar refractivity (Wildman–Crippen MR) is 61.8 cm³/mol. The Morgan fingerprint density at radius 2 is 2.12 bits per heavy atom. The Balaban J connectivity index is 1.80. The predicted octanol–water partition coefficient (Wildman–Crippen LogP) is 1.53. The van der Waals surface area contributed by atoms with Gasteiger partial charge >= 0.3 is 6.03 Å². The van der Waals surface area contributed by atoms with Crippen LogP contribution >= 0.6 is 11.3 Å². The molecule has 1 aromatic heterocycles. The number of likely N-dealkylation sites (N-methyl/N-ethyl adjacent to an activating group) is 1. The van der Waals surface area contributed by atoms with Crippen LogP contribution in [-0.2, 0) is 0 Å². The van der Waals surface area contributed by atoms with Crippen LogP contribution in [-0.4, -0.2) is 41.3 Å². The average molecular weight is 238 g/mol. The third-order valence-electron chi connectivity index (χ3n) is 3.30. The minimum absolute atomic E-state index is 0.0338. The van der Waals surface area contributed by atoms with Crippen LogP contribution in [0.5, 0.6) is 0 Å². The number of nitrogens with zero attached hydrogens (tertiary/aromatic N) is 4. The summed E-state index contributed by atoms with van der Waals surface area (Å²) in [5.41, 5.74) is 0. The van der Waals surface area contributed by atoms with Gasteiger partial charge in [0.15, 0.2) is 0 Å². The minimum atomic E-state index is 0.0338. The summed E-state index contributed by atoms with van der Waals surface area (Å²) in [6.45, 7) is 3.72. The molecule has 0 spiro atoms. The van der Waals surface area contributed by atoms with E-state index in [1.807, 2.05) is 7.05 Å². The van der Waals surface area contributed by atoms with Crippen LogP contribution < -0.4 is 4.90 Å². The van der Waals surface area contributed by atoms with Gasteiger partial charge in [-0.2, -0.15) is 0 Å². The quantitative estimate of drug-likeness (QED) is 0.785. The number of rotatable bonds is 2. The van der Waals surface area contributed by atoms with Gasteiger partial charge in [0.05, 0.1) is 0 Å². The lowest BCUT2D eigenvalue weighted by Crippen LogP contribution is -2.29. The van der Waals surface area contributed by atoms with Gasteiger partial charge in [0, 0.05) is 26.1 Å². The lowest BCUT2D eigenvalue weighted by molar-refractivity contribution is 0.229. The Kier molecular flexibility index (Phi) is 2.14. The second-order valence-corrected chi connectivity index (χ2v) is 5.59. The fourth-order valence-corrected chi connectivity index (χ4v) is 3.09. The van der Waals surface area contributed by atoms with Crippen LogP contribution in [0.15, 0.2) is 0 Å². The monoisotopic (exact) mass is 238 g/mol. The maximum absolute atomic E-state index is 11.8. The van der Waals surface area contributed by atoms with Gasteiger partial charge in [0.25, 0.3) is 0 Å².